The highest BCUT2D eigenvalue weighted by atomic mass is 16.1. The standard InChI is InChI=1S/C11H20N2O/c1-10(2)6-8(10)13-9(14)7-11(12)4-3-5-11/h8H,3-7,12H2,1-2H3,(H,13,14). The van der Waals surface area contributed by atoms with Crippen molar-refractivity contribution in [2.75, 3.05) is 0 Å². The average molecular weight is 196 g/mol. The predicted octanol–water partition coefficient (Wildman–Crippen LogP) is 1.17. The molecule has 0 radical (unpaired) electrons. The van der Waals surface area contributed by atoms with E-state index in [4.69, 9.17) is 5.73 Å². The Kier molecular flexibility index (Phi) is 2.11. The Morgan fingerprint density at radius 2 is 2.07 bits per heavy atom. The van der Waals surface area contributed by atoms with Crippen LogP contribution in [0.15, 0.2) is 0 Å². The Labute approximate surface area is 85.4 Å². The fraction of sp³-hybridized carbons (Fsp3) is 0.909. The van der Waals surface area contributed by atoms with Gasteiger partial charge in [0.1, 0.15) is 0 Å². The molecule has 14 heavy (non-hydrogen) atoms. The molecule has 0 aromatic carbocycles. The predicted molar refractivity (Wildman–Crippen MR) is 55.7 cm³/mol. The van der Waals surface area contributed by atoms with Crippen molar-refractivity contribution >= 4 is 5.91 Å². The lowest BCUT2D eigenvalue weighted by molar-refractivity contribution is -0.123. The lowest BCUT2D eigenvalue weighted by atomic mass is 9.75. The van der Waals surface area contributed by atoms with Gasteiger partial charge >= 0.3 is 0 Å². The zero-order valence-corrected chi connectivity index (χ0v) is 9.10. The topological polar surface area (TPSA) is 55.1 Å². The molecule has 0 spiro atoms. The molecule has 80 valence electrons. The van der Waals surface area contributed by atoms with E-state index in [9.17, 15) is 4.79 Å². The van der Waals surface area contributed by atoms with Gasteiger partial charge in [-0.25, -0.2) is 0 Å². The van der Waals surface area contributed by atoms with E-state index in [1.165, 1.54) is 6.42 Å². The highest BCUT2D eigenvalue weighted by Gasteiger charge is 2.47. The van der Waals surface area contributed by atoms with Crippen LogP contribution in [0.5, 0.6) is 0 Å². The van der Waals surface area contributed by atoms with Crippen LogP contribution < -0.4 is 11.1 Å². The first-order valence-corrected chi connectivity index (χ1v) is 5.50. The number of nitrogens with two attached hydrogens (primary N) is 1. The maximum absolute atomic E-state index is 11.6. The molecule has 2 rings (SSSR count). The SMILES string of the molecule is CC1(C)CC1NC(=O)CC1(N)CCC1. The number of rotatable bonds is 3. The molecule has 2 aliphatic carbocycles. The summed E-state index contributed by atoms with van der Waals surface area (Å²) in [6.07, 6.45) is 4.82. The second-order valence-electron chi connectivity index (χ2n) is 5.71. The first-order chi connectivity index (χ1) is 6.41. The van der Waals surface area contributed by atoms with E-state index in [-0.39, 0.29) is 11.4 Å². The van der Waals surface area contributed by atoms with Gasteiger partial charge in [-0.15, -0.1) is 0 Å². The maximum atomic E-state index is 11.6. The number of hydrogen-bond donors (Lipinski definition) is 2. The van der Waals surface area contributed by atoms with Crippen LogP contribution in [0.3, 0.4) is 0 Å². The largest absolute Gasteiger partial charge is 0.353 e. The molecular weight excluding hydrogens is 176 g/mol. The van der Waals surface area contributed by atoms with Gasteiger partial charge in [-0.3, -0.25) is 4.79 Å². The lowest BCUT2D eigenvalue weighted by Crippen LogP contribution is -2.50. The molecule has 1 unspecified atom stereocenters. The van der Waals surface area contributed by atoms with Gasteiger partial charge in [0.15, 0.2) is 0 Å². The first-order valence-electron chi connectivity index (χ1n) is 5.50. The zero-order valence-electron chi connectivity index (χ0n) is 9.10. The van der Waals surface area contributed by atoms with Gasteiger partial charge in [0.25, 0.3) is 0 Å². The Morgan fingerprint density at radius 1 is 1.50 bits per heavy atom. The fourth-order valence-corrected chi connectivity index (χ4v) is 2.09. The Morgan fingerprint density at radius 3 is 2.43 bits per heavy atom. The Balaban J connectivity index is 1.74. The summed E-state index contributed by atoms with van der Waals surface area (Å²) in [5.74, 6) is 0.141. The highest BCUT2D eigenvalue weighted by molar-refractivity contribution is 5.78. The van der Waals surface area contributed by atoms with Crippen molar-refractivity contribution in [2.45, 2.75) is 57.5 Å². The van der Waals surface area contributed by atoms with Crippen molar-refractivity contribution < 1.29 is 4.79 Å². The Bertz CT molecular complexity index is 256. The molecule has 3 N–H and O–H groups in total. The molecule has 2 fully saturated rings. The first kappa shape index (κ1) is 9.97. The van der Waals surface area contributed by atoms with Crippen LogP contribution in [0, 0.1) is 5.41 Å². The number of nitrogens with one attached hydrogen (secondary N) is 1. The summed E-state index contributed by atoms with van der Waals surface area (Å²) < 4.78 is 0. The summed E-state index contributed by atoms with van der Waals surface area (Å²) >= 11 is 0. The molecule has 0 bridgehead atoms. The fourth-order valence-electron chi connectivity index (χ4n) is 2.09. The van der Waals surface area contributed by atoms with Crippen LogP contribution in [-0.4, -0.2) is 17.5 Å². The van der Waals surface area contributed by atoms with E-state index in [1.807, 2.05) is 0 Å². The molecule has 0 aromatic heterocycles. The van der Waals surface area contributed by atoms with E-state index in [0.29, 0.717) is 17.9 Å². The van der Waals surface area contributed by atoms with Gasteiger partial charge < -0.3 is 11.1 Å². The van der Waals surface area contributed by atoms with Crippen LogP contribution in [0.1, 0.15) is 46.0 Å². The zero-order chi connectivity index (χ0) is 10.4. The normalized spacial score (nSPS) is 31.8. The molecule has 1 amide bonds. The second-order valence-corrected chi connectivity index (χ2v) is 5.71. The van der Waals surface area contributed by atoms with Crippen LogP contribution in [0.4, 0.5) is 0 Å². The summed E-state index contributed by atoms with van der Waals surface area (Å²) in [4.78, 5) is 11.6. The minimum atomic E-state index is -0.177. The minimum absolute atomic E-state index is 0.141. The van der Waals surface area contributed by atoms with E-state index >= 15 is 0 Å². The molecule has 3 nitrogen and oxygen atoms in total. The molecule has 0 aliphatic heterocycles. The second kappa shape index (κ2) is 2.96. The summed E-state index contributed by atoms with van der Waals surface area (Å²) in [7, 11) is 0. The van der Waals surface area contributed by atoms with E-state index in [2.05, 4.69) is 19.2 Å². The summed E-state index contributed by atoms with van der Waals surface area (Å²) in [5, 5.41) is 3.05. The minimum Gasteiger partial charge on any atom is -0.353 e. The average Bonchev–Trinajstić information content (AvgIpc) is 2.55. The van der Waals surface area contributed by atoms with Crippen LogP contribution in [-0.2, 0) is 4.79 Å². The molecule has 2 saturated carbocycles. The van der Waals surface area contributed by atoms with Gasteiger partial charge in [-0.05, 0) is 31.1 Å². The van der Waals surface area contributed by atoms with Crippen molar-refractivity contribution in [2.24, 2.45) is 11.1 Å². The molecular formula is C11H20N2O. The van der Waals surface area contributed by atoms with E-state index in [0.717, 1.165) is 19.3 Å². The van der Waals surface area contributed by atoms with Crippen LogP contribution >= 0.6 is 0 Å². The van der Waals surface area contributed by atoms with Crippen molar-refractivity contribution in [1.82, 2.24) is 5.32 Å². The summed E-state index contributed by atoms with van der Waals surface area (Å²) in [6, 6.07) is 0.388. The summed E-state index contributed by atoms with van der Waals surface area (Å²) in [5.41, 5.74) is 6.15. The highest BCUT2D eigenvalue weighted by Crippen LogP contribution is 2.44. The van der Waals surface area contributed by atoms with Crippen LogP contribution in [0.2, 0.25) is 0 Å². The molecule has 3 heteroatoms. The quantitative estimate of drug-likeness (QED) is 0.712. The van der Waals surface area contributed by atoms with E-state index in [1.54, 1.807) is 0 Å². The number of amides is 1. The molecule has 0 saturated heterocycles. The number of hydrogen-bond acceptors (Lipinski definition) is 2. The van der Waals surface area contributed by atoms with Crippen molar-refractivity contribution in [3.63, 3.8) is 0 Å². The van der Waals surface area contributed by atoms with Gasteiger partial charge in [0.05, 0.1) is 0 Å². The molecule has 0 heterocycles. The molecule has 1 atom stereocenters. The Hall–Kier alpha value is -0.570. The third-order valence-corrected chi connectivity index (χ3v) is 3.71. The van der Waals surface area contributed by atoms with Gasteiger partial charge in [0.2, 0.25) is 5.91 Å². The van der Waals surface area contributed by atoms with Gasteiger partial charge in [0, 0.05) is 18.0 Å². The third kappa shape index (κ3) is 1.92. The molecule has 0 aromatic rings. The van der Waals surface area contributed by atoms with Crippen LogP contribution in [0.25, 0.3) is 0 Å². The smallest absolute Gasteiger partial charge is 0.222 e. The maximum Gasteiger partial charge on any atom is 0.222 e. The van der Waals surface area contributed by atoms with Gasteiger partial charge in [-0.1, -0.05) is 13.8 Å². The van der Waals surface area contributed by atoms with Gasteiger partial charge in [-0.2, -0.15) is 0 Å². The lowest BCUT2D eigenvalue weighted by Gasteiger charge is -2.37. The summed E-state index contributed by atoms with van der Waals surface area (Å²) in [6.45, 7) is 4.36. The van der Waals surface area contributed by atoms with E-state index < -0.39 is 0 Å². The number of carbonyl (C=O) groups excluding carboxylic acids is 1. The number of carbonyl (C=O) groups is 1. The van der Waals surface area contributed by atoms with Crippen molar-refractivity contribution in [3.8, 4) is 0 Å². The van der Waals surface area contributed by atoms with Crippen molar-refractivity contribution in [1.29, 1.82) is 0 Å². The molecule has 2 aliphatic rings. The monoisotopic (exact) mass is 196 g/mol. The third-order valence-electron chi connectivity index (χ3n) is 3.71. The van der Waals surface area contributed by atoms with Crippen molar-refractivity contribution in [3.05, 3.63) is 0 Å².